The number of phenols is 1. The summed E-state index contributed by atoms with van der Waals surface area (Å²) in [6.45, 7) is -0.181. The average molecular weight is 364 g/mol. The third-order valence-electron chi connectivity index (χ3n) is 2.61. The van der Waals surface area contributed by atoms with E-state index in [0.29, 0.717) is 6.42 Å². The predicted octanol–water partition coefficient (Wildman–Crippen LogP) is 1.47. The normalized spacial score (nSPS) is 12.3. The molecule has 126 valence electrons. The molecule has 11 heteroatoms. The molecule has 1 atom stereocenters. The number of halogens is 1. The SMILES string of the molecule is N#CCC[C@H](N)COC(=O)Nc1cc(Cl)cc(S(=O)(=O)O)c1O. The highest BCUT2D eigenvalue weighted by Crippen LogP contribution is 2.34. The van der Waals surface area contributed by atoms with Crippen LogP contribution in [0.2, 0.25) is 5.02 Å². The molecule has 0 heterocycles. The lowest BCUT2D eigenvalue weighted by Gasteiger charge is -2.13. The first kappa shape index (κ1) is 19.0. The van der Waals surface area contributed by atoms with Crippen LogP contribution in [0.4, 0.5) is 10.5 Å². The van der Waals surface area contributed by atoms with Crippen LogP contribution in [-0.4, -0.2) is 36.8 Å². The van der Waals surface area contributed by atoms with E-state index in [1.807, 2.05) is 6.07 Å². The number of carbonyl (C=O) groups is 1. The smallest absolute Gasteiger partial charge is 0.411 e. The number of phenolic OH excluding ortho intramolecular Hbond substituents is 1. The second kappa shape index (κ2) is 7.98. The van der Waals surface area contributed by atoms with Gasteiger partial charge < -0.3 is 15.6 Å². The fraction of sp³-hybridized carbons (Fsp3) is 0.333. The van der Waals surface area contributed by atoms with Gasteiger partial charge in [-0.05, 0) is 18.6 Å². The molecule has 0 radical (unpaired) electrons. The van der Waals surface area contributed by atoms with Gasteiger partial charge in [-0.25, -0.2) is 4.79 Å². The summed E-state index contributed by atoms with van der Waals surface area (Å²) in [4.78, 5) is 10.7. The van der Waals surface area contributed by atoms with Gasteiger partial charge in [-0.2, -0.15) is 13.7 Å². The first-order valence-corrected chi connectivity index (χ1v) is 8.03. The summed E-state index contributed by atoms with van der Waals surface area (Å²) in [5.41, 5.74) is 5.24. The second-order valence-corrected chi connectivity index (χ2v) is 6.28. The first-order chi connectivity index (χ1) is 10.6. The van der Waals surface area contributed by atoms with E-state index >= 15 is 0 Å². The van der Waals surface area contributed by atoms with E-state index < -0.39 is 32.9 Å². The third-order valence-corrected chi connectivity index (χ3v) is 3.70. The van der Waals surface area contributed by atoms with Crippen molar-refractivity contribution >= 4 is 33.5 Å². The molecule has 0 saturated heterocycles. The molecule has 23 heavy (non-hydrogen) atoms. The molecule has 0 aromatic heterocycles. The Balaban J connectivity index is 2.80. The number of hydrogen-bond acceptors (Lipinski definition) is 7. The number of carbonyl (C=O) groups excluding carboxylic acids is 1. The molecule has 0 spiro atoms. The Bertz CT molecular complexity index is 731. The van der Waals surface area contributed by atoms with E-state index in [1.165, 1.54) is 0 Å². The summed E-state index contributed by atoms with van der Waals surface area (Å²) in [5, 5.41) is 20.1. The number of nitrogens with one attached hydrogen (secondary N) is 1. The minimum absolute atomic E-state index is 0.142. The van der Waals surface area contributed by atoms with Gasteiger partial charge in [0.1, 0.15) is 11.5 Å². The van der Waals surface area contributed by atoms with Gasteiger partial charge in [-0.3, -0.25) is 9.87 Å². The van der Waals surface area contributed by atoms with Crippen LogP contribution in [-0.2, 0) is 14.9 Å². The van der Waals surface area contributed by atoms with Gasteiger partial charge in [0.2, 0.25) is 0 Å². The van der Waals surface area contributed by atoms with Crippen LogP contribution in [0.3, 0.4) is 0 Å². The van der Waals surface area contributed by atoms with Crippen LogP contribution in [0.15, 0.2) is 17.0 Å². The van der Waals surface area contributed by atoms with Crippen molar-refractivity contribution in [3.63, 3.8) is 0 Å². The molecular formula is C12H14ClN3O6S. The molecule has 0 unspecified atom stereocenters. The zero-order valence-electron chi connectivity index (χ0n) is 11.7. The maximum Gasteiger partial charge on any atom is 0.411 e. The highest BCUT2D eigenvalue weighted by atomic mass is 35.5. The summed E-state index contributed by atoms with van der Waals surface area (Å²) in [7, 11) is -4.73. The quantitative estimate of drug-likeness (QED) is 0.436. The third kappa shape index (κ3) is 5.91. The molecule has 0 aliphatic rings. The Morgan fingerprint density at radius 3 is 2.74 bits per heavy atom. The Labute approximate surface area is 137 Å². The molecule has 0 aliphatic heterocycles. The topological polar surface area (TPSA) is 163 Å². The Morgan fingerprint density at radius 1 is 1.52 bits per heavy atom. The number of nitriles is 1. The van der Waals surface area contributed by atoms with E-state index in [4.69, 9.17) is 31.9 Å². The summed E-state index contributed by atoms with van der Waals surface area (Å²) in [6.07, 6.45) is -0.478. The first-order valence-electron chi connectivity index (χ1n) is 6.21. The number of ether oxygens (including phenoxy) is 1. The monoisotopic (exact) mass is 363 g/mol. The second-order valence-electron chi connectivity index (χ2n) is 4.46. The van der Waals surface area contributed by atoms with Crippen molar-refractivity contribution in [1.29, 1.82) is 5.26 Å². The summed E-state index contributed by atoms with van der Waals surface area (Å²) >= 11 is 5.67. The van der Waals surface area contributed by atoms with Crippen molar-refractivity contribution in [3.05, 3.63) is 17.2 Å². The molecule has 0 fully saturated rings. The number of nitrogens with zero attached hydrogens (tertiary/aromatic N) is 1. The zero-order chi connectivity index (χ0) is 17.6. The van der Waals surface area contributed by atoms with Crippen molar-refractivity contribution in [2.75, 3.05) is 11.9 Å². The van der Waals surface area contributed by atoms with Gasteiger partial charge in [-0.15, -0.1) is 0 Å². The highest BCUT2D eigenvalue weighted by Gasteiger charge is 2.21. The van der Waals surface area contributed by atoms with Crippen LogP contribution in [0, 0.1) is 11.3 Å². The van der Waals surface area contributed by atoms with Crippen LogP contribution >= 0.6 is 11.6 Å². The summed E-state index contributed by atoms with van der Waals surface area (Å²) in [5.74, 6) is -0.886. The average Bonchev–Trinajstić information content (AvgIpc) is 2.45. The Kier molecular flexibility index (Phi) is 6.59. The number of hydrogen-bond donors (Lipinski definition) is 4. The highest BCUT2D eigenvalue weighted by molar-refractivity contribution is 7.86. The van der Waals surface area contributed by atoms with Crippen LogP contribution in [0.5, 0.6) is 5.75 Å². The molecule has 1 aromatic carbocycles. The minimum atomic E-state index is -4.73. The number of anilines is 1. The molecule has 1 aromatic rings. The molecule has 0 saturated carbocycles. The van der Waals surface area contributed by atoms with Crippen molar-refractivity contribution in [2.45, 2.75) is 23.8 Å². The molecule has 0 aliphatic carbocycles. The molecule has 1 amide bonds. The van der Waals surface area contributed by atoms with E-state index in [2.05, 4.69) is 5.32 Å². The van der Waals surface area contributed by atoms with E-state index in [1.54, 1.807) is 0 Å². The Hall–Kier alpha value is -2.06. The van der Waals surface area contributed by atoms with Crippen molar-refractivity contribution in [1.82, 2.24) is 0 Å². The molecule has 1 rings (SSSR count). The van der Waals surface area contributed by atoms with Crippen molar-refractivity contribution in [3.8, 4) is 11.8 Å². The minimum Gasteiger partial charge on any atom is -0.504 e. The van der Waals surface area contributed by atoms with Gasteiger partial charge in [-0.1, -0.05) is 11.6 Å². The van der Waals surface area contributed by atoms with E-state index in [-0.39, 0.29) is 23.7 Å². The Morgan fingerprint density at radius 2 is 2.17 bits per heavy atom. The number of aromatic hydroxyl groups is 1. The fourth-order valence-corrected chi connectivity index (χ4v) is 2.44. The number of benzene rings is 1. The maximum atomic E-state index is 11.6. The zero-order valence-corrected chi connectivity index (χ0v) is 13.3. The molecular weight excluding hydrogens is 350 g/mol. The lowest BCUT2D eigenvalue weighted by atomic mass is 10.2. The molecule has 0 bridgehead atoms. The molecule has 5 N–H and O–H groups in total. The summed E-state index contributed by atoms with van der Waals surface area (Å²) in [6, 6.07) is 3.25. The van der Waals surface area contributed by atoms with Crippen LogP contribution in [0.1, 0.15) is 12.8 Å². The van der Waals surface area contributed by atoms with Gasteiger partial charge in [0.15, 0.2) is 5.75 Å². The van der Waals surface area contributed by atoms with Crippen LogP contribution < -0.4 is 11.1 Å². The van der Waals surface area contributed by atoms with Crippen LogP contribution in [0.25, 0.3) is 0 Å². The van der Waals surface area contributed by atoms with E-state index in [0.717, 1.165) is 12.1 Å². The summed E-state index contributed by atoms with van der Waals surface area (Å²) < 4.78 is 36.0. The predicted molar refractivity (Wildman–Crippen MR) is 80.7 cm³/mol. The fourth-order valence-electron chi connectivity index (χ4n) is 1.53. The van der Waals surface area contributed by atoms with E-state index in [9.17, 15) is 18.3 Å². The molecule has 9 nitrogen and oxygen atoms in total. The van der Waals surface area contributed by atoms with Gasteiger partial charge in [0.05, 0.1) is 11.8 Å². The number of rotatable bonds is 6. The van der Waals surface area contributed by atoms with Gasteiger partial charge in [0, 0.05) is 17.5 Å². The van der Waals surface area contributed by atoms with Gasteiger partial charge in [0.25, 0.3) is 10.1 Å². The maximum absolute atomic E-state index is 11.6. The lowest BCUT2D eigenvalue weighted by molar-refractivity contribution is 0.152. The number of nitrogens with two attached hydrogens (primary N) is 1. The van der Waals surface area contributed by atoms with Crippen molar-refractivity contribution in [2.24, 2.45) is 5.73 Å². The standard InChI is InChI=1S/C12H14ClN3O6S/c13-7-4-9(11(17)10(5-7)23(19,20)21)16-12(18)22-6-8(15)2-1-3-14/h4-5,8,17H,1-2,6,15H2,(H,16,18)(H,19,20,21)/t8-/m0/s1. The van der Waals surface area contributed by atoms with Crippen molar-refractivity contribution < 1.29 is 27.6 Å². The largest absolute Gasteiger partial charge is 0.504 e. The lowest BCUT2D eigenvalue weighted by Crippen LogP contribution is -2.29. The number of amides is 1. The van der Waals surface area contributed by atoms with Gasteiger partial charge >= 0.3 is 6.09 Å².